The number of nitrogens with zero attached hydrogens (tertiary/aromatic N) is 1. The second-order valence-electron chi connectivity index (χ2n) is 3.55. The van der Waals surface area contributed by atoms with Crippen molar-refractivity contribution in [2.75, 3.05) is 11.9 Å². The molecule has 0 bridgehead atoms. The molecule has 19 heavy (non-hydrogen) atoms. The van der Waals surface area contributed by atoms with Crippen molar-refractivity contribution in [3.05, 3.63) is 47.5 Å². The van der Waals surface area contributed by atoms with Crippen LogP contribution in [0.2, 0.25) is 0 Å². The molecule has 6 heteroatoms. The fourth-order valence-electron chi connectivity index (χ4n) is 1.43. The maximum atomic E-state index is 13.6. The first-order chi connectivity index (χ1) is 9.20. The van der Waals surface area contributed by atoms with E-state index in [2.05, 4.69) is 27.1 Å². The zero-order valence-corrected chi connectivity index (χ0v) is 9.77. The molecule has 0 atom stereocenters. The molecular weight excluding hydrogens is 249 g/mol. The maximum Gasteiger partial charge on any atom is 0.260 e. The van der Waals surface area contributed by atoms with Crippen LogP contribution in [0.3, 0.4) is 0 Å². The number of H-pyrrole nitrogens is 1. The predicted molar refractivity (Wildman–Crippen MR) is 66.9 cm³/mol. The molecule has 0 saturated heterocycles. The van der Waals surface area contributed by atoms with Crippen LogP contribution in [-0.4, -0.2) is 27.6 Å². The summed E-state index contributed by atoms with van der Waals surface area (Å²) in [5, 5.41) is 11.0. The summed E-state index contributed by atoms with van der Waals surface area (Å²) in [5.74, 6) is 3.99. The van der Waals surface area contributed by atoms with Gasteiger partial charge in [0.05, 0.1) is 5.56 Å². The van der Waals surface area contributed by atoms with Crippen LogP contribution < -0.4 is 5.32 Å². The second kappa shape index (κ2) is 5.80. The lowest BCUT2D eigenvalue weighted by atomic mass is 10.1. The number of carbonyl (C=O) groups excluding carboxylic acids is 1. The lowest BCUT2D eigenvalue weighted by molar-refractivity contribution is 0.102. The van der Waals surface area contributed by atoms with Crippen LogP contribution in [-0.2, 0) is 0 Å². The minimum absolute atomic E-state index is 0.138. The Kier molecular flexibility index (Phi) is 3.90. The van der Waals surface area contributed by atoms with Crippen LogP contribution in [0.5, 0.6) is 0 Å². The summed E-state index contributed by atoms with van der Waals surface area (Å²) in [4.78, 5) is 18.3. The van der Waals surface area contributed by atoms with Crippen molar-refractivity contribution in [3.8, 4) is 11.8 Å². The Morgan fingerprint density at radius 2 is 2.37 bits per heavy atom. The number of rotatable bonds is 2. The second-order valence-corrected chi connectivity index (χ2v) is 3.55. The molecule has 1 heterocycles. The van der Waals surface area contributed by atoms with Gasteiger partial charge in [-0.15, -0.1) is 0 Å². The van der Waals surface area contributed by atoms with E-state index in [0.717, 1.165) is 6.07 Å². The third kappa shape index (κ3) is 3.18. The van der Waals surface area contributed by atoms with Crippen LogP contribution in [0.1, 0.15) is 15.9 Å². The van der Waals surface area contributed by atoms with Gasteiger partial charge in [-0.2, -0.15) is 0 Å². The zero-order chi connectivity index (χ0) is 13.7. The van der Waals surface area contributed by atoms with Gasteiger partial charge in [-0.25, -0.2) is 9.37 Å². The molecule has 0 aliphatic rings. The standard InChI is InChI=1S/C13H10FN3O2/c14-11-4-3-9(2-1-7-18)8-10(11)12(19)17-13-15-5-6-16-13/h3-6,8,18H,7H2,(H2,15,16,17,19). The number of aliphatic hydroxyl groups is 1. The normalized spacial score (nSPS) is 9.58. The van der Waals surface area contributed by atoms with Gasteiger partial charge < -0.3 is 10.1 Å². The number of imidazole rings is 1. The number of carbonyl (C=O) groups is 1. The number of aromatic amines is 1. The minimum Gasteiger partial charge on any atom is -0.384 e. The average Bonchev–Trinajstić information content (AvgIpc) is 2.90. The summed E-state index contributed by atoms with van der Waals surface area (Å²) < 4.78 is 13.6. The monoisotopic (exact) mass is 259 g/mol. The summed E-state index contributed by atoms with van der Waals surface area (Å²) in [6.07, 6.45) is 3.00. The van der Waals surface area contributed by atoms with Gasteiger partial charge in [0.1, 0.15) is 12.4 Å². The Morgan fingerprint density at radius 3 is 3.05 bits per heavy atom. The van der Waals surface area contributed by atoms with Crippen molar-refractivity contribution in [1.29, 1.82) is 0 Å². The van der Waals surface area contributed by atoms with E-state index in [1.165, 1.54) is 24.5 Å². The lowest BCUT2D eigenvalue weighted by Gasteiger charge is -2.04. The highest BCUT2D eigenvalue weighted by molar-refractivity contribution is 6.03. The van der Waals surface area contributed by atoms with Gasteiger partial charge in [-0.05, 0) is 18.2 Å². The smallest absolute Gasteiger partial charge is 0.260 e. The van der Waals surface area contributed by atoms with Crippen LogP contribution >= 0.6 is 0 Å². The molecule has 0 saturated carbocycles. The molecule has 5 nitrogen and oxygen atoms in total. The molecule has 2 rings (SSSR count). The number of nitrogens with one attached hydrogen (secondary N) is 2. The number of anilines is 1. The molecule has 1 aromatic heterocycles. The number of aromatic nitrogens is 2. The van der Waals surface area contributed by atoms with E-state index in [-0.39, 0.29) is 18.1 Å². The Morgan fingerprint density at radius 1 is 1.53 bits per heavy atom. The summed E-state index contributed by atoms with van der Waals surface area (Å²) in [6, 6.07) is 3.90. The third-order valence-corrected chi connectivity index (χ3v) is 2.25. The van der Waals surface area contributed by atoms with E-state index in [4.69, 9.17) is 5.11 Å². The lowest BCUT2D eigenvalue weighted by Crippen LogP contribution is -2.14. The fourth-order valence-corrected chi connectivity index (χ4v) is 1.43. The van der Waals surface area contributed by atoms with Crippen molar-refractivity contribution in [1.82, 2.24) is 9.97 Å². The molecule has 96 valence electrons. The molecule has 0 fully saturated rings. The largest absolute Gasteiger partial charge is 0.384 e. The average molecular weight is 259 g/mol. The Bertz CT molecular complexity index is 642. The Hall–Kier alpha value is -2.65. The van der Waals surface area contributed by atoms with E-state index in [0.29, 0.717) is 5.56 Å². The van der Waals surface area contributed by atoms with Gasteiger partial charge in [0.25, 0.3) is 5.91 Å². The van der Waals surface area contributed by atoms with Crippen molar-refractivity contribution < 1.29 is 14.3 Å². The summed E-state index contributed by atoms with van der Waals surface area (Å²) in [7, 11) is 0. The number of amides is 1. The number of hydrogen-bond donors (Lipinski definition) is 3. The minimum atomic E-state index is -0.654. The van der Waals surface area contributed by atoms with E-state index in [1.54, 1.807) is 0 Å². The molecule has 1 aromatic carbocycles. The first-order valence-corrected chi connectivity index (χ1v) is 5.40. The maximum absolute atomic E-state index is 13.6. The van der Waals surface area contributed by atoms with E-state index in [1.807, 2.05) is 0 Å². The SMILES string of the molecule is O=C(Nc1ncc[nH]1)c1cc(C#CCO)ccc1F. The van der Waals surface area contributed by atoms with Crippen LogP contribution in [0, 0.1) is 17.7 Å². The predicted octanol–water partition coefficient (Wildman–Crippen LogP) is 1.14. The summed E-state index contributed by atoms with van der Waals surface area (Å²) >= 11 is 0. The van der Waals surface area contributed by atoms with Crippen LogP contribution in [0.4, 0.5) is 10.3 Å². The molecule has 1 amide bonds. The van der Waals surface area contributed by atoms with Crippen molar-refractivity contribution in [2.45, 2.75) is 0 Å². The van der Waals surface area contributed by atoms with Crippen molar-refractivity contribution >= 4 is 11.9 Å². The first kappa shape index (κ1) is 12.8. The molecule has 3 N–H and O–H groups in total. The number of halogens is 1. The highest BCUT2D eigenvalue weighted by Crippen LogP contribution is 2.11. The van der Waals surface area contributed by atoms with Crippen LogP contribution in [0.25, 0.3) is 0 Å². The first-order valence-electron chi connectivity index (χ1n) is 5.40. The summed E-state index contributed by atoms with van der Waals surface area (Å²) in [6.45, 7) is -0.300. The highest BCUT2D eigenvalue weighted by Gasteiger charge is 2.13. The van der Waals surface area contributed by atoms with Crippen molar-refractivity contribution in [2.24, 2.45) is 0 Å². The van der Waals surface area contributed by atoms with E-state index in [9.17, 15) is 9.18 Å². The molecule has 0 aliphatic carbocycles. The van der Waals surface area contributed by atoms with Gasteiger partial charge in [0.15, 0.2) is 0 Å². The van der Waals surface area contributed by atoms with Gasteiger partial charge in [0.2, 0.25) is 5.95 Å². The van der Waals surface area contributed by atoms with E-state index < -0.39 is 11.7 Å². The molecule has 0 aliphatic heterocycles. The molecule has 0 spiro atoms. The molecular formula is C13H10FN3O2. The third-order valence-electron chi connectivity index (χ3n) is 2.25. The quantitative estimate of drug-likeness (QED) is 0.708. The number of benzene rings is 1. The van der Waals surface area contributed by atoms with Gasteiger partial charge in [0, 0.05) is 18.0 Å². The van der Waals surface area contributed by atoms with Gasteiger partial charge in [-0.3, -0.25) is 10.1 Å². The summed E-state index contributed by atoms with van der Waals surface area (Å²) in [5.41, 5.74) is 0.307. The topological polar surface area (TPSA) is 78.0 Å². The number of aliphatic hydroxyl groups excluding tert-OH is 1. The molecule has 0 radical (unpaired) electrons. The zero-order valence-electron chi connectivity index (χ0n) is 9.77. The highest BCUT2D eigenvalue weighted by atomic mass is 19.1. The number of hydrogen-bond acceptors (Lipinski definition) is 3. The molecule has 0 unspecified atom stereocenters. The molecule has 2 aromatic rings. The van der Waals surface area contributed by atoms with Crippen LogP contribution in [0.15, 0.2) is 30.6 Å². The Labute approximate surface area is 108 Å². The van der Waals surface area contributed by atoms with Crippen molar-refractivity contribution in [3.63, 3.8) is 0 Å². The van der Waals surface area contributed by atoms with Gasteiger partial charge in [-0.1, -0.05) is 11.8 Å². The Balaban J connectivity index is 2.25. The van der Waals surface area contributed by atoms with E-state index >= 15 is 0 Å². The van der Waals surface area contributed by atoms with Gasteiger partial charge >= 0.3 is 0 Å². The fraction of sp³-hybridized carbons (Fsp3) is 0.0769.